The Morgan fingerprint density at radius 3 is 2.38 bits per heavy atom. The van der Waals surface area contributed by atoms with Crippen LogP contribution in [0.5, 0.6) is 0 Å². The number of halogens is 1. The molecule has 0 spiro atoms. The van der Waals surface area contributed by atoms with Crippen molar-refractivity contribution in [2.45, 2.75) is 32.1 Å². The number of ether oxygens (including phenoxy) is 2. The summed E-state index contributed by atoms with van der Waals surface area (Å²) in [5.74, 6) is 0.415. The molecule has 1 saturated heterocycles. The van der Waals surface area contributed by atoms with Crippen molar-refractivity contribution in [1.29, 1.82) is 0 Å². The maximum absolute atomic E-state index is 5.94. The standard InChI is InChI=1S/C20H25N3O2.HI/c21-20(23-18-4-2-1-3-5-18)22-14-16-6-8-17(9-7-16)15-25-19-10-12-24-13-11-19;/h1-9,19H,10-15H2,(H3,21,22,23);1H. The first-order valence-electron chi connectivity index (χ1n) is 8.69. The van der Waals surface area contributed by atoms with Crippen LogP contribution in [0.15, 0.2) is 59.6 Å². The molecule has 5 nitrogen and oxygen atoms in total. The number of hydrogen-bond acceptors (Lipinski definition) is 3. The molecule has 1 heterocycles. The first-order chi connectivity index (χ1) is 12.3. The fraction of sp³-hybridized carbons (Fsp3) is 0.350. The predicted molar refractivity (Wildman–Crippen MR) is 116 cm³/mol. The van der Waals surface area contributed by atoms with E-state index in [-0.39, 0.29) is 24.0 Å². The summed E-state index contributed by atoms with van der Waals surface area (Å²) >= 11 is 0. The Hall–Kier alpha value is -1.64. The fourth-order valence-corrected chi connectivity index (χ4v) is 2.68. The monoisotopic (exact) mass is 467 g/mol. The summed E-state index contributed by atoms with van der Waals surface area (Å²) in [7, 11) is 0. The molecule has 0 aliphatic carbocycles. The summed E-state index contributed by atoms with van der Waals surface area (Å²) in [6, 6.07) is 18.1. The van der Waals surface area contributed by atoms with E-state index in [1.165, 1.54) is 5.56 Å². The van der Waals surface area contributed by atoms with Crippen LogP contribution in [-0.2, 0) is 22.6 Å². The lowest BCUT2D eigenvalue weighted by molar-refractivity contribution is -0.0390. The van der Waals surface area contributed by atoms with Crippen molar-refractivity contribution in [3.63, 3.8) is 0 Å². The maximum Gasteiger partial charge on any atom is 0.193 e. The number of nitrogens with zero attached hydrogens (tertiary/aromatic N) is 1. The van der Waals surface area contributed by atoms with E-state index >= 15 is 0 Å². The zero-order valence-corrected chi connectivity index (χ0v) is 17.1. The lowest BCUT2D eigenvalue weighted by atomic mass is 10.1. The molecule has 1 aliphatic heterocycles. The maximum atomic E-state index is 5.94. The molecule has 1 aliphatic rings. The van der Waals surface area contributed by atoms with Gasteiger partial charge in [0, 0.05) is 18.9 Å². The number of hydrogen-bond donors (Lipinski definition) is 2. The van der Waals surface area contributed by atoms with Crippen molar-refractivity contribution in [1.82, 2.24) is 0 Å². The molecule has 3 N–H and O–H groups in total. The van der Waals surface area contributed by atoms with Crippen LogP contribution in [0.3, 0.4) is 0 Å². The molecule has 3 rings (SSSR count). The Morgan fingerprint density at radius 1 is 1.04 bits per heavy atom. The zero-order valence-electron chi connectivity index (χ0n) is 14.8. The number of benzene rings is 2. The van der Waals surface area contributed by atoms with Crippen LogP contribution >= 0.6 is 24.0 Å². The van der Waals surface area contributed by atoms with Gasteiger partial charge >= 0.3 is 0 Å². The van der Waals surface area contributed by atoms with Gasteiger partial charge in [0.05, 0.1) is 19.3 Å². The van der Waals surface area contributed by atoms with Crippen molar-refractivity contribution in [3.8, 4) is 0 Å². The Bertz CT molecular complexity index is 671. The molecule has 2 aromatic rings. The normalized spacial score (nSPS) is 15.3. The summed E-state index contributed by atoms with van der Waals surface area (Å²) in [5.41, 5.74) is 9.15. The van der Waals surface area contributed by atoms with Crippen LogP contribution in [0, 0.1) is 0 Å². The van der Waals surface area contributed by atoms with Gasteiger partial charge in [-0.2, -0.15) is 0 Å². The number of anilines is 1. The molecule has 26 heavy (non-hydrogen) atoms. The third-order valence-electron chi connectivity index (χ3n) is 4.16. The van der Waals surface area contributed by atoms with Crippen molar-refractivity contribution >= 4 is 35.6 Å². The average molecular weight is 467 g/mol. The average Bonchev–Trinajstić information content (AvgIpc) is 2.67. The Labute approximate surface area is 172 Å². The van der Waals surface area contributed by atoms with Crippen LogP contribution in [0.4, 0.5) is 5.69 Å². The fourth-order valence-electron chi connectivity index (χ4n) is 2.68. The Balaban J connectivity index is 0.00000243. The highest BCUT2D eigenvalue weighted by atomic mass is 127. The van der Waals surface area contributed by atoms with Crippen LogP contribution in [0.1, 0.15) is 24.0 Å². The van der Waals surface area contributed by atoms with Crippen molar-refractivity contribution < 1.29 is 9.47 Å². The van der Waals surface area contributed by atoms with Gasteiger partial charge in [0.1, 0.15) is 0 Å². The first kappa shape index (κ1) is 20.7. The van der Waals surface area contributed by atoms with Crippen molar-refractivity contribution in [2.24, 2.45) is 10.7 Å². The SMILES string of the molecule is I.NC(=NCc1ccc(COC2CCOCC2)cc1)Nc1ccccc1. The van der Waals surface area contributed by atoms with Gasteiger partial charge in [0.2, 0.25) is 0 Å². The summed E-state index contributed by atoms with van der Waals surface area (Å²) < 4.78 is 11.3. The minimum atomic E-state index is 0. The third-order valence-corrected chi connectivity index (χ3v) is 4.16. The van der Waals surface area contributed by atoms with Gasteiger partial charge in [0.25, 0.3) is 0 Å². The van der Waals surface area contributed by atoms with Crippen molar-refractivity contribution in [2.75, 3.05) is 18.5 Å². The van der Waals surface area contributed by atoms with E-state index in [1.54, 1.807) is 0 Å². The molecular weight excluding hydrogens is 441 g/mol. The molecule has 0 amide bonds. The van der Waals surface area contributed by atoms with E-state index in [1.807, 2.05) is 30.3 Å². The molecule has 6 heteroatoms. The zero-order chi connectivity index (χ0) is 17.3. The topological polar surface area (TPSA) is 68.9 Å². The van der Waals surface area contributed by atoms with E-state index in [4.69, 9.17) is 15.2 Å². The number of para-hydroxylation sites is 1. The molecule has 2 aromatic carbocycles. The molecule has 1 fully saturated rings. The molecule has 0 saturated carbocycles. The molecule has 140 valence electrons. The lowest BCUT2D eigenvalue weighted by Crippen LogP contribution is -2.23. The molecule has 0 bridgehead atoms. The molecule has 0 radical (unpaired) electrons. The first-order valence-corrected chi connectivity index (χ1v) is 8.69. The highest BCUT2D eigenvalue weighted by Gasteiger charge is 2.13. The van der Waals surface area contributed by atoms with Gasteiger partial charge in [0.15, 0.2) is 5.96 Å². The predicted octanol–water partition coefficient (Wildman–Crippen LogP) is 3.93. The molecule has 0 unspecified atom stereocenters. The summed E-state index contributed by atoms with van der Waals surface area (Å²) in [6.07, 6.45) is 2.29. The van der Waals surface area contributed by atoms with Crippen LogP contribution < -0.4 is 11.1 Å². The number of nitrogens with two attached hydrogens (primary N) is 1. The van der Waals surface area contributed by atoms with Gasteiger partial charge < -0.3 is 20.5 Å². The van der Waals surface area contributed by atoms with Crippen molar-refractivity contribution in [3.05, 3.63) is 65.7 Å². The van der Waals surface area contributed by atoms with Crippen LogP contribution in [0.25, 0.3) is 0 Å². The molecule has 0 atom stereocenters. The Kier molecular flexibility index (Phi) is 8.87. The number of guanidine groups is 1. The third kappa shape index (κ3) is 6.93. The second kappa shape index (κ2) is 11.2. The number of nitrogens with one attached hydrogen (secondary N) is 1. The van der Waals surface area contributed by atoms with E-state index in [0.717, 1.165) is 37.3 Å². The minimum Gasteiger partial charge on any atom is -0.381 e. The van der Waals surface area contributed by atoms with E-state index in [0.29, 0.717) is 25.2 Å². The Morgan fingerprint density at radius 2 is 1.69 bits per heavy atom. The van der Waals surface area contributed by atoms with Crippen LogP contribution in [0.2, 0.25) is 0 Å². The van der Waals surface area contributed by atoms with Gasteiger partial charge in [-0.15, -0.1) is 24.0 Å². The smallest absolute Gasteiger partial charge is 0.193 e. The minimum absolute atomic E-state index is 0. The second-order valence-electron chi connectivity index (χ2n) is 6.13. The lowest BCUT2D eigenvalue weighted by Gasteiger charge is -2.22. The van der Waals surface area contributed by atoms with E-state index in [9.17, 15) is 0 Å². The second-order valence-corrected chi connectivity index (χ2v) is 6.13. The number of aliphatic imine (C=N–C) groups is 1. The highest BCUT2D eigenvalue weighted by molar-refractivity contribution is 14.0. The van der Waals surface area contributed by atoms with E-state index < -0.39 is 0 Å². The largest absolute Gasteiger partial charge is 0.381 e. The van der Waals surface area contributed by atoms with Gasteiger partial charge in [-0.25, -0.2) is 4.99 Å². The summed E-state index contributed by atoms with van der Waals surface area (Å²) in [6.45, 7) is 2.80. The molecular formula is C20H26IN3O2. The quantitative estimate of drug-likeness (QED) is 0.384. The van der Waals surface area contributed by atoms with E-state index in [2.05, 4.69) is 34.6 Å². The van der Waals surface area contributed by atoms with Gasteiger partial charge in [-0.3, -0.25) is 0 Å². The van der Waals surface area contributed by atoms with Gasteiger partial charge in [-0.05, 0) is 36.1 Å². The summed E-state index contributed by atoms with van der Waals surface area (Å²) in [5, 5.41) is 3.08. The summed E-state index contributed by atoms with van der Waals surface area (Å²) in [4.78, 5) is 4.38. The van der Waals surface area contributed by atoms with Crippen LogP contribution in [-0.4, -0.2) is 25.3 Å². The van der Waals surface area contributed by atoms with Gasteiger partial charge in [-0.1, -0.05) is 42.5 Å². The highest BCUT2D eigenvalue weighted by Crippen LogP contribution is 2.14. The molecule has 0 aromatic heterocycles. The number of rotatable bonds is 6.